The second-order valence-corrected chi connectivity index (χ2v) is 6.62. The van der Waals surface area contributed by atoms with Crippen LogP contribution in [-0.2, 0) is 0 Å². The van der Waals surface area contributed by atoms with Crippen molar-refractivity contribution in [3.05, 3.63) is 65.9 Å². The number of hydrogen-bond acceptors (Lipinski definition) is 4. The number of carbonyl (C=O) groups excluding carboxylic acids is 1. The number of fused-ring (bicyclic) bond motifs is 1. The van der Waals surface area contributed by atoms with Gasteiger partial charge < -0.3 is 9.42 Å². The molecule has 0 aliphatic carbocycles. The third-order valence-corrected chi connectivity index (χ3v) is 4.95. The minimum Gasteiger partial charge on any atom is -0.355 e. The number of anilines is 1. The van der Waals surface area contributed by atoms with Crippen LogP contribution in [0.4, 0.5) is 14.5 Å². The van der Waals surface area contributed by atoms with Gasteiger partial charge in [0.15, 0.2) is 23.1 Å². The number of aromatic nitrogens is 1. The summed E-state index contributed by atoms with van der Waals surface area (Å²) in [4.78, 5) is 15.5. The molecular weight excluding hydrogens is 346 g/mol. The van der Waals surface area contributed by atoms with Crippen LogP contribution < -0.4 is 4.90 Å². The number of hydrogen-bond donors (Lipinski definition) is 0. The molecule has 0 bridgehead atoms. The van der Waals surface area contributed by atoms with Crippen molar-refractivity contribution in [1.29, 1.82) is 0 Å². The first-order chi connectivity index (χ1) is 12.1. The molecule has 0 fully saturated rings. The number of halogens is 2. The summed E-state index contributed by atoms with van der Waals surface area (Å²) in [6.07, 6.45) is 0. The number of rotatable bonds is 2. The monoisotopic (exact) mass is 358 g/mol. The molecule has 0 saturated heterocycles. The molecule has 0 unspecified atom stereocenters. The van der Waals surface area contributed by atoms with Gasteiger partial charge in [0.05, 0.1) is 5.69 Å². The van der Waals surface area contributed by atoms with Gasteiger partial charge in [-0.15, -0.1) is 11.8 Å². The number of carbonyl (C=O) groups is 1. The largest absolute Gasteiger partial charge is 0.355 e. The van der Waals surface area contributed by atoms with Gasteiger partial charge in [-0.1, -0.05) is 17.3 Å². The predicted molar refractivity (Wildman–Crippen MR) is 90.7 cm³/mol. The lowest BCUT2D eigenvalue weighted by atomic mass is 10.1. The van der Waals surface area contributed by atoms with Gasteiger partial charge in [-0.2, -0.15) is 0 Å². The second kappa shape index (κ2) is 6.33. The molecule has 25 heavy (non-hydrogen) atoms. The maximum Gasteiger partial charge on any atom is 0.280 e. The fraction of sp³-hybridized carbons (Fsp3) is 0.111. The van der Waals surface area contributed by atoms with Gasteiger partial charge in [-0.05, 0) is 30.3 Å². The van der Waals surface area contributed by atoms with E-state index in [1.807, 2.05) is 24.3 Å². The summed E-state index contributed by atoms with van der Waals surface area (Å²) in [5.74, 6) is -1.21. The van der Waals surface area contributed by atoms with Gasteiger partial charge in [-0.25, -0.2) is 8.78 Å². The topological polar surface area (TPSA) is 46.3 Å². The van der Waals surface area contributed by atoms with Crippen molar-refractivity contribution in [2.24, 2.45) is 0 Å². The SMILES string of the molecule is O=C(c1cc(-c2ccc(F)c(F)c2)on1)N1CCSc2ccccc21. The molecule has 1 amide bonds. The van der Waals surface area contributed by atoms with E-state index < -0.39 is 11.6 Å². The van der Waals surface area contributed by atoms with Crippen LogP contribution in [0.5, 0.6) is 0 Å². The van der Waals surface area contributed by atoms with Crippen LogP contribution in [0.1, 0.15) is 10.5 Å². The first-order valence-corrected chi connectivity index (χ1v) is 8.58. The first-order valence-electron chi connectivity index (χ1n) is 7.59. The molecule has 3 aromatic rings. The molecule has 4 nitrogen and oxygen atoms in total. The Morgan fingerprint density at radius 2 is 1.96 bits per heavy atom. The van der Waals surface area contributed by atoms with Crippen LogP contribution in [0.15, 0.2) is 57.9 Å². The van der Waals surface area contributed by atoms with E-state index in [4.69, 9.17) is 4.52 Å². The Morgan fingerprint density at radius 3 is 2.80 bits per heavy atom. The normalized spacial score (nSPS) is 13.6. The predicted octanol–water partition coefficient (Wildman–Crippen LogP) is 4.37. The second-order valence-electron chi connectivity index (χ2n) is 5.48. The molecule has 0 radical (unpaired) electrons. The van der Waals surface area contributed by atoms with Gasteiger partial charge in [0.1, 0.15) is 0 Å². The van der Waals surface area contributed by atoms with Crippen molar-refractivity contribution in [2.75, 3.05) is 17.2 Å². The summed E-state index contributed by atoms with van der Waals surface area (Å²) >= 11 is 1.70. The zero-order valence-corrected chi connectivity index (χ0v) is 13.7. The quantitative estimate of drug-likeness (QED) is 0.682. The summed E-state index contributed by atoms with van der Waals surface area (Å²) in [6.45, 7) is 0.563. The lowest BCUT2D eigenvalue weighted by molar-refractivity contribution is 0.0979. The molecule has 0 atom stereocenters. The third-order valence-electron chi connectivity index (χ3n) is 3.91. The van der Waals surface area contributed by atoms with Gasteiger partial charge in [0.2, 0.25) is 0 Å². The number of thioether (sulfide) groups is 1. The Bertz CT molecular complexity index is 958. The average Bonchev–Trinajstić information content (AvgIpc) is 3.13. The number of benzene rings is 2. The fourth-order valence-corrected chi connectivity index (χ4v) is 3.67. The highest BCUT2D eigenvalue weighted by Crippen LogP contribution is 2.35. The summed E-state index contributed by atoms with van der Waals surface area (Å²) in [6, 6.07) is 12.5. The molecule has 1 aromatic heterocycles. The molecular formula is C18H12F2N2O2S. The smallest absolute Gasteiger partial charge is 0.280 e. The first kappa shape index (κ1) is 15.8. The van der Waals surface area contributed by atoms with Crippen molar-refractivity contribution >= 4 is 23.4 Å². The minimum atomic E-state index is -0.983. The number of nitrogens with zero attached hydrogens (tertiary/aromatic N) is 2. The summed E-state index contributed by atoms with van der Waals surface area (Å²) in [7, 11) is 0. The standard InChI is InChI=1S/C18H12F2N2O2S/c19-12-6-5-11(9-13(12)20)16-10-14(21-24-16)18(23)22-7-8-25-17-4-2-1-3-15(17)22/h1-6,9-10H,7-8H2. The molecule has 0 N–H and O–H groups in total. The van der Waals surface area contributed by atoms with Gasteiger partial charge in [0.25, 0.3) is 5.91 Å². The Labute approximate surface area is 146 Å². The molecule has 2 aromatic carbocycles. The summed E-state index contributed by atoms with van der Waals surface area (Å²) in [5, 5.41) is 3.80. The Kier molecular flexibility index (Phi) is 4.01. The van der Waals surface area contributed by atoms with Crippen LogP contribution in [0.25, 0.3) is 11.3 Å². The maximum absolute atomic E-state index is 13.4. The summed E-state index contributed by atoms with van der Waals surface area (Å²) in [5.41, 5.74) is 1.28. The molecule has 1 aliphatic rings. The van der Waals surface area contributed by atoms with E-state index in [-0.39, 0.29) is 17.4 Å². The minimum absolute atomic E-state index is 0.126. The van der Waals surface area contributed by atoms with Crippen LogP contribution >= 0.6 is 11.8 Å². The third kappa shape index (κ3) is 2.91. The van der Waals surface area contributed by atoms with Crippen molar-refractivity contribution in [2.45, 2.75) is 4.90 Å². The lowest BCUT2D eigenvalue weighted by Gasteiger charge is -2.28. The van der Waals surface area contributed by atoms with E-state index in [2.05, 4.69) is 5.16 Å². The Balaban J connectivity index is 1.64. The molecule has 4 rings (SSSR count). The molecule has 0 saturated carbocycles. The van der Waals surface area contributed by atoms with Crippen LogP contribution in [0.3, 0.4) is 0 Å². The highest BCUT2D eigenvalue weighted by atomic mass is 32.2. The van der Waals surface area contributed by atoms with Crippen molar-refractivity contribution in [1.82, 2.24) is 5.16 Å². The zero-order chi connectivity index (χ0) is 17.4. The van der Waals surface area contributed by atoms with Crippen molar-refractivity contribution in [3.63, 3.8) is 0 Å². The maximum atomic E-state index is 13.4. The Hall–Kier alpha value is -2.67. The molecule has 7 heteroatoms. The number of amides is 1. The van der Waals surface area contributed by atoms with E-state index in [1.54, 1.807) is 16.7 Å². The van der Waals surface area contributed by atoms with E-state index in [1.165, 1.54) is 12.1 Å². The van der Waals surface area contributed by atoms with E-state index >= 15 is 0 Å². The van der Waals surface area contributed by atoms with E-state index in [9.17, 15) is 13.6 Å². The average molecular weight is 358 g/mol. The fourth-order valence-electron chi connectivity index (χ4n) is 2.68. The van der Waals surface area contributed by atoms with Gasteiger partial charge in [0, 0.05) is 28.8 Å². The molecule has 2 heterocycles. The highest BCUT2D eigenvalue weighted by Gasteiger charge is 2.26. The molecule has 126 valence electrons. The van der Waals surface area contributed by atoms with Crippen molar-refractivity contribution < 1.29 is 18.1 Å². The van der Waals surface area contributed by atoms with E-state index in [0.29, 0.717) is 12.1 Å². The zero-order valence-electron chi connectivity index (χ0n) is 12.9. The van der Waals surface area contributed by atoms with Crippen LogP contribution in [0.2, 0.25) is 0 Å². The molecule has 1 aliphatic heterocycles. The molecule has 0 spiro atoms. The van der Waals surface area contributed by atoms with Gasteiger partial charge >= 0.3 is 0 Å². The highest BCUT2D eigenvalue weighted by molar-refractivity contribution is 7.99. The van der Waals surface area contributed by atoms with Crippen molar-refractivity contribution in [3.8, 4) is 11.3 Å². The van der Waals surface area contributed by atoms with Crippen LogP contribution in [-0.4, -0.2) is 23.4 Å². The summed E-state index contributed by atoms with van der Waals surface area (Å²) < 4.78 is 31.6. The Morgan fingerprint density at radius 1 is 1.12 bits per heavy atom. The van der Waals surface area contributed by atoms with Crippen LogP contribution in [0, 0.1) is 11.6 Å². The van der Waals surface area contributed by atoms with Gasteiger partial charge in [-0.3, -0.25) is 4.79 Å². The lowest BCUT2D eigenvalue weighted by Crippen LogP contribution is -2.35. The number of para-hydroxylation sites is 1. The van der Waals surface area contributed by atoms with E-state index in [0.717, 1.165) is 28.5 Å².